The molecule has 1 aliphatic heterocycles. The Morgan fingerprint density at radius 1 is 1.28 bits per heavy atom. The topological polar surface area (TPSA) is 93.9 Å². The lowest BCUT2D eigenvalue weighted by molar-refractivity contribution is -0.129. The molecular weight excluding hydrogens is 374 g/mol. The van der Waals surface area contributed by atoms with Crippen LogP contribution in [-0.2, 0) is 22.6 Å². The zero-order valence-electron chi connectivity index (χ0n) is 16.6. The third-order valence-electron chi connectivity index (χ3n) is 5.15. The van der Waals surface area contributed by atoms with Gasteiger partial charge < -0.3 is 24.0 Å². The Morgan fingerprint density at radius 2 is 2.07 bits per heavy atom. The first-order valence-electron chi connectivity index (χ1n) is 9.82. The fraction of sp³-hybridized carbons (Fsp3) is 0.476. The van der Waals surface area contributed by atoms with E-state index in [1.54, 1.807) is 11.7 Å². The number of carboxylic acid groups (broad SMARTS) is 1. The van der Waals surface area contributed by atoms with Gasteiger partial charge >= 0.3 is 5.97 Å². The Morgan fingerprint density at radius 3 is 2.79 bits per heavy atom. The first-order valence-corrected chi connectivity index (χ1v) is 9.82. The molecule has 0 radical (unpaired) electrons. The summed E-state index contributed by atoms with van der Waals surface area (Å²) in [5.41, 5.74) is 1.25. The summed E-state index contributed by atoms with van der Waals surface area (Å²) >= 11 is 0. The first kappa shape index (κ1) is 20.9. The minimum atomic E-state index is -0.977. The molecule has 2 aromatic rings. The van der Waals surface area contributed by atoms with Crippen LogP contribution in [0.5, 0.6) is 5.75 Å². The molecule has 1 aromatic heterocycles. The van der Waals surface area contributed by atoms with Crippen LogP contribution >= 0.6 is 0 Å². The van der Waals surface area contributed by atoms with Crippen LogP contribution in [0.2, 0.25) is 0 Å². The summed E-state index contributed by atoms with van der Waals surface area (Å²) in [6.45, 7) is 2.20. The predicted octanol–water partition coefficient (Wildman–Crippen LogP) is 2.58. The summed E-state index contributed by atoms with van der Waals surface area (Å²) in [6.07, 6.45) is 5.92. The van der Waals surface area contributed by atoms with Crippen LogP contribution in [0.1, 0.15) is 41.7 Å². The number of amides is 1. The monoisotopic (exact) mass is 401 g/mol. The molecule has 1 amide bonds. The summed E-state index contributed by atoms with van der Waals surface area (Å²) < 4.78 is 12.2. The first-order chi connectivity index (χ1) is 14.1. The number of rotatable bonds is 11. The van der Waals surface area contributed by atoms with E-state index < -0.39 is 5.97 Å². The second-order valence-electron chi connectivity index (χ2n) is 7.12. The van der Waals surface area contributed by atoms with Crippen molar-refractivity contribution in [1.29, 1.82) is 0 Å². The van der Waals surface area contributed by atoms with Crippen molar-refractivity contribution >= 4 is 11.9 Å². The maximum absolute atomic E-state index is 12.4. The van der Waals surface area contributed by atoms with E-state index in [9.17, 15) is 9.59 Å². The van der Waals surface area contributed by atoms with E-state index in [0.29, 0.717) is 32.7 Å². The summed E-state index contributed by atoms with van der Waals surface area (Å²) in [5, 5.41) is 9.16. The number of carbonyl (C=O) groups excluding carboxylic acids is 1. The molecule has 8 nitrogen and oxygen atoms in total. The van der Waals surface area contributed by atoms with Gasteiger partial charge in [0.15, 0.2) is 0 Å². The van der Waals surface area contributed by atoms with E-state index in [-0.39, 0.29) is 17.6 Å². The molecule has 3 rings (SSSR count). The lowest BCUT2D eigenvalue weighted by atomic mass is 10.1. The van der Waals surface area contributed by atoms with Crippen molar-refractivity contribution in [2.75, 3.05) is 20.3 Å². The van der Waals surface area contributed by atoms with Gasteiger partial charge in [-0.05, 0) is 37.0 Å². The molecule has 1 aliphatic rings. The van der Waals surface area contributed by atoms with Gasteiger partial charge in [0, 0.05) is 32.7 Å². The molecule has 1 saturated heterocycles. The van der Waals surface area contributed by atoms with Crippen molar-refractivity contribution in [2.45, 2.75) is 44.8 Å². The van der Waals surface area contributed by atoms with Crippen molar-refractivity contribution < 1.29 is 24.2 Å². The molecular formula is C21H27N3O5. The quantitative estimate of drug-likeness (QED) is 0.582. The van der Waals surface area contributed by atoms with Crippen molar-refractivity contribution in [1.82, 2.24) is 14.5 Å². The minimum Gasteiger partial charge on any atom is -0.491 e. The number of methoxy groups -OCH3 is 1. The van der Waals surface area contributed by atoms with E-state index in [2.05, 4.69) is 4.98 Å². The fourth-order valence-corrected chi connectivity index (χ4v) is 3.62. The Hall–Kier alpha value is -2.87. The summed E-state index contributed by atoms with van der Waals surface area (Å²) in [7, 11) is 1.64. The number of ether oxygens (including phenoxy) is 2. The molecule has 0 aliphatic carbocycles. The van der Waals surface area contributed by atoms with Gasteiger partial charge in [-0.1, -0.05) is 12.1 Å². The Kier molecular flexibility index (Phi) is 7.24. The highest BCUT2D eigenvalue weighted by atomic mass is 16.5. The number of carbonyl (C=O) groups is 2. The van der Waals surface area contributed by atoms with Gasteiger partial charge in [-0.3, -0.25) is 4.79 Å². The SMILES string of the molecule is COCCOc1ccc(CN2C(=O)CC[C@H]2CCCn2cncc2C(=O)O)cc1. The van der Waals surface area contributed by atoms with Crippen molar-refractivity contribution in [3.05, 3.63) is 48.0 Å². The number of hydrogen-bond donors (Lipinski definition) is 1. The molecule has 1 atom stereocenters. The normalized spacial score (nSPS) is 16.4. The van der Waals surface area contributed by atoms with Crippen molar-refractivity contribution in [3.63, 3.8) is 0 Å². The number of hydrogen-bond acceptors (Lipinski definition) is 5. The number of carboxylic acids is 1. The number of imidazole rings is 1. The Bertz CT molecular complexity index is 818. The largest absolute Gasteiger partial charge is 0.491 e. The van der Waals surface area contributed by atoms with Crippen molar-refractivity contribution in [3.8, 4) is 5.75 Å². The van der Waals surface area contributed by atoms with Crippen LogP contribution in [-0.4, -0.2) is 57.8 Å². The molecule has 2 heterocycles. The second-order valence-corrected chi connectivity index (χ2v) is 7.12. The lowest BCUT2D eigenvalue weighted by Gasteiger charge is -2.25. The van der Waals surface area contributed by atoms with Crippen molar-refractivity contribution in [2.24, 2.45) is 0 Å². The van der Waals surface area contributed by atoms with E-state index in [1.807, 2.05) is 29.2 Å². The number of aromatic carboxylic acids is 1. The second kappa shape index (κ2) is 10.1. The maximum atomic E-state index is 12.4. The van der Waals surface area contributed by atoms with Gasteiger partial charge in [0.1, 0.15) is 18.1 Å². The highest BCUT2D eigenvalue weighted by Crippen LogP contribution is 2.26. The standard InChI is InChI=1S/C21H27N3O5/c1-28-11-12-29-18-7-4-16(5-8-18)14-24-17(6-9-20(24)25)3-2-10-23-15-22-13-19(23)21(26)27/h4-5,7-8,13,15,17H,2-3,6,9-12,14H2,1H3,(H,26,27)/t17-/m1/s1. The van der Waals surface area contributed by atoms with E-state index in [4.69, 9.17) is 14.6 Å². The van der Waals surface area contributed by atoms with Crippen LogP contribution in [0.3, 0.4) is 0 Å². The molecule has 0 saturated carbocycles. The third-order valence-corrected chi connectivity index (χ3v) is 5.15. The molecule has 1 N–H and O–H groups in total. The number of benzene rings is 1. The fourth-order valence-electron chi connectivity index (χ4n) is 3.62. The van der Waals surface area contributed by atoms with Crippen LogP contribution in [0.15, 0.2) is 36.8 Å². The van der Waals surface area contributed by atoms with Crippen LogP contribution in [0, 0.1) is 0 Å². The molecule has 0 bridgehead atoms. The van der Waals surface area contributed by atoms with Gasteiger partial charge in [-0.15, -0.1) is 0 Å². The molecule has 1 aromatic carbocycles. The van der Waals surface area contributed by atoms with E-state index in [0.717, 1.165) is 30.6 Å². The molecule has 0 unspecified atom stereocenters. The van der Waals surface area contributed by atoms with Crippen LogP contribution in [0.4, 0.5) is 0 Å². The van der Waals surface area contributed by atoms with Crippen LogP contribution in [0.25, 0.3) is 0 Å². The van der Waals surface area contributed by atoms with Gasteiger partial charge in [0.25, 0.3) is 0 Å². The number of aromatic nitrogens is 2. The lowest BCUT2D eigenvalue weighted by Crippen LogP contribution is -2.32. The highest BCUT2D eigenvalue weighted by molar-refractivity contribution is 5.85. The predicted molar refractivity (Wildman–Crippen MR) is 106 cm³/mol. The van der Waals surface area contributed by atoms with E-state index >= 15 is 0 Å². The van der Waals surface area contributed by atoms with Crippen LogP contribution < -0.4 is 4.74 Å². The Labute approximate surface area is 170 Å². The smallest absolute Gasteiger partial charge is 0.354 e. The number of nitrogens with zero attached hydrogens (tertiary/aromatic N) is 3. The van der Waals surface area contributed by atoms with Gasteiger partial charge in [-0.25, -0.2) is 9.78 Å². The highest BCUT2D eigenvalue weighted by Gasteiger charge is 2.30. The van der Waals surface area contributed by atoms with E-state index in [1.165, 1.54) is 12.5 Å². The Balaban J connectivity index is 1.52. The molecule has 29 heavy (non-hydrogen) atoms. The number of aryl methyl sites for hydroxylation is 1. The molecule has 8 heteroatoms. The average Bonchev–Trinajstić information content (AvgIpc) is 3.31. The molecule has 1 fully saturated rings. The number of likely N-dealkylation sites (tertiary alicyclic amines) is 1. The summed E-state index contributed by atoms with van der Waals surface area (Å²) in [4.78, 5) is 29.4. The zero-order chi connectivity index (χ0) is 20.6. The summed E-state index contributed by atoms with van der Waals surface area (Å²) in [6, 6.07) is 7.96. The molecule has 0 spiro atoms. The third kappa shape index (κ3) is 5.57. The van der Waals surface area contributed by atoms with Gasteiger partial charge in [0.2, 0.25) is 5.91 Å². The maximum Gasteiger partial charge on any atom is 0.354 e. The van der Waals surface area contributed by atoms with Gasteiger partial charge in [-0.2, -0.15) is 0 Å². The average molecular weight is 401 g/mol. The molecule has 156 valence electrons. The minimum absolute atomic E-state index is 0.171. The summed E-state index contributed by atoms with van der Waals surface area (Å²) in [5.74, 6) is -0.0243. The van der Waals surface area contributed by atoms with Gasteiger partial charge in [0.05, 0.1) is 19.1 Å². The zero-order valence-corrected chi connectivity index (χ0v) is 16.6.